The molecule has 0 unspecified atom stereocenters. The van der Waals surface area contributed by atoms with E-state index in [9.17, 15) is 9.59 Å². The van der Waals surface area contributed by atoms with Gasteiger partial charge in [0.05, 0.1) is 12.2 Å². The molecule has 0 aromatic heterocycles. The molecule has 0 bridgehead atoms. The SMILES string of the molecule is CC(=O)c1ccc2c(c1)N(C(=O)c1ccc(I)cc1)CCO2. The van der Waals surface area contributed by atoms with Crippen molar-refractivity contribution in [2.24, 2.45) is 0 Å². The van der Waals surface area contributed by atoms with E-state index in [0.717, 1.165) is 3.57 Å². The van der Waals surface area contributed by atoms with Crippen LogP contribution in [0.1, 0.15) is 27.6 Å². The van der Waals surface area contributed by atoms with E-state index in [2.05, 4.69) is 22.6 Å². The van der Waals surface area contributed by atoms with Gasteiger partial charge in [-0.3, -0.25) is 9.59 Å². The van der Waals surface area contributed by atoms with E-state index in [0.29, 0.717) is 35.7 Å². The van der Waals surface area contributed by atoms with E-state index in [1.807, 2.05) is 24.3 Å². The van der Waals surface area contributed by atoms with Crippen LogP contribution < -0.4 is 9.64 Å². The third-order valence-electron chi connectivity index (χ3n) is 3.57. The molecule has 0 atom stereocenters. The number of Topliss-reactive ketones (excluding diaryl/α,β-unsaturated/α-hetero) is 1. The summed E-state index contributed by atoms with van der Waals surface area (Å²) in [5.74, 6) is 0.520. The summed E-state index contributed by atoms with van der Waals surface area (Å²) < 4.78 is 6.67. The van der Waals surface area contributed by atoms with Crippen molar-refractivity contribution in [3.8, 4) is 5.75 Å². The minimum Gasteiger partial charge on any atom is -0.490 e. The largest absolute Gasteiger partial charge is 0.490 e. The highest BCUT2D eigenvalue weighted by atomic mass is 127. The Morgan fingerprint density at radius 2 is 1.77 bits per heavy atom. The Hall–Kier alpha value is -1.89. The Morgan fingerprint density at radius 3 is 2.45 bits per heavy atom. The number of benzene rings is 2. The number of anilines is 1. The van der Waals surface area contributed by atoms with Gasteiger partial charge >= 0.3 is 0 Å². The summed E-state index contributed by atoms with van der Waals surface area (Å²) >= 11 is 2.20. The molecule has 0 saturated heterocycles. The zero-order valence-corrected chi connectivity index (χ0v) is 14.2. The van der Waals surface area contributed by atoms with Crippen molar-refractivity contribution < 1.29 is 14.3 Å². The molecule has 0 fully saturated rings. The second kappa shape index (κ2) is 6.08. The molecule has 0 saturated carbocycles. The first-order valence-corrected chi connectivity index (χ1v) is 7.99. The molecule has 0 radical (unpaired) electrons. The number of carbonyl (C=O) groups excluding carboxylic acids is 2. The quantitative estimate of drug-likeness (QED) is 0.566. The first-order valence-electron chi connectivity index (χ1n) is 6.91. The van der Waals surface area contributed by atoms with Crippen molar-refractivity contribution in [3.63, 3.8) is 0 Å². The first kappa shape index (κ1) is 15.0. The molecule has 0 spiro atoms. The summed E-state index contributed by atoms with van der Waals surface area (Å²) in [7, 11) is 0. The van der Waals surface area contributed by atoms with Gasteiger partial charge in [0.25, 0.3) is 5.91 Å². The standard InChI is InChI=1S/C17H14INO3/c1-11(20)13-4-7-16-15(10-13)19(8-9-22-16)17(21)12-2-5-14(18)6-3-12/h2-7,10H,8-9H2,1H3. The van der Waals surface area contributed by atoms with Gasteiger partial charge in [0.1, 0.15) is 12.4 Å². The Labute approximate surface area is 142 Å². The van der Waals surface area contributed by atoms with Gasteiger partial charge in [0.2, 0.25) is 0 Å². The van der Waals surface area contributed by atoms with E-state index in [1.165, 1.54) is 6.92 Å². The molecule has 2 aromatic rings. The van der Waals surface area contributed by atoms with Crippen molar-refractivity contribution in [1.82, 2.24) is 0 Å². The molecular weight excluding hydrogens is 393 g/mol. The number of ether oxygens (including phenoxy) is 1. The monoisotopic (exact) mass is 407 g/mol. The van der Waals surface area contributed by atoms with Crippen LogP contribution in [0.4, 0.5) is 5.69 Å². The molecule has 3 rings (SSSR count). The number of fused-ring (bicyclic) bond motifs is 1. The lowest BCUT2D eigenvalue weighted by molar-refractivity contribution is 0.0973. The second-order valence-corrected chi connectivity index (χ2v) is 6.30. The highest BCUT2D eigenvalue weighted by molar-refractivity contribution is 14.1. The molecule has 22 heavy (non-hydrogen) atoms. The maximum atomic E-state index is 12.7. The average Bonchev–Trinajstić information content (AvgIpc) is 2.53. The van der Waals surface area contributed by atoms with E-state index < -0.39 is 0 Å². The van der Waals surface area contributed by atoms with Gasteiger partial charge < -0.3 is 9.64 Å². The number of halogens is 1. The number of ketones is 1. The number of amides is 1. The summed E-state index contributed by atoms with van der Waals surface area (Å²) in [6, 6.07) is 12.6. The van der Waals surface area contributed by atoms with Crippen LogP contribution >= 0.6 is 22.6 Å². The smallest absolute Gasteiger partial charge is 0.258 e. The van der Waals surface area contributed by atoms with Crippen molar-refractivity contribution in [3.05, 3.63) is 57.2 Å². The summed E-state index contributed by atoms with van der Waals surface area (Å²) in [4.78, 5) is 26.0. The van der Waals surface area contributed by atoms with Gasteiger partial charge in [-0.25, -0.2) is 0 Å². The van der Waals surface area contributed by atoms with Crippen molar-refractivity contribution in [2.45, 2.75) is 6.92 Å². The number of rotatable bonds is 2. The predicted molar refractivity (Wildman–Crippen MR) is 92.8 cm³/mol. The van der Waals surface area contributed by atoms with E-state index in [-0.39, 0.29) is 11.7 Å². The zero-order valence-electron chi connectivity index (χ0n) is 12.0. The Morgan fingerprint density at radius 1 is 1.09 bits per heavy atom. The van der Waals surface area contributed by atoms with Gasteiger partial charge in [-0.15, -0.1) is 0 Å². The molecule has 0 aliphatic carbocycles. The number of nitrogens with zero attached hydrogens (tertiary/aromatic N) is 1. The molecule has 1 aliphatic rings. The van der Waals surface area contributed by atoms with Crippen LogP contribution in [-0.2, 0) is 0 Å². The highest BCUT2D eigenvalue weighted by Crippen LogP contribution is 2.33. The number of hydrogen-bond donors (Lipinski definition) is 0. The summed E-state index contributed by atoms with van der Waals surface area (Å²) in [6.07, 6.45) is 0. The highest BCUT2D eigenvalue weighted by Gasteiger charge is 2.25. The maximum absolute atomic E-state index is 12.7. The minimum atomic E-state index is -0.0818. The fourth-order valence-electron chi connectivity index (χ4n) is 2.40. The van der Waals surface area contributed by atoms with Crippen LogP contribution in [0.3, 0.4) is 0 Å². The van der Waals surface area contributed by atoms with Crippen molar-refractivity contribution in [1.29, 1.82) is 0 Å². The molecule has 1 amide bonds. The van der Waals surface area contributed by atoms with Crippen LogP contribution in [0.25, 0.3) is 0 Å². The normalized spacial score (nSPS) is 13.3. The Balaban J connectivity index is 1.99. The molecule has 112 valence electrons. The number of hydrogen-bond acceptors (Lipinski definition) is 3. The second-order valence-electron chi connectivity index (χ2n) is 5.05. The summed E-state index contributed by atoms with van der Waals surface area (Å²) in [6.45, 7) is 2.43. The van der Waals surface area contributed by atoms with Crippen LogP contribution in [0, 0.1) is 3.57 Å². The van der Waals surface area contributed by atoms with Crippen LogP contribution in [0.2, 0.25) is 0 Å². The van der Waals surface area contributed by atoms with Crippen LogP contribution in [0.15, 0.2) is 42.5 Å². The number of carbonyl (C=O) groups is 2. The van der Waals surface area contributed by atoms with Crippen molar-refractivity contribution >= 4 is 40.0 Å². The lowest BCUT2D eigenvalue weighted by Crippen LogP contribution is -2.38. The van der Waals surface area contributed by atoms with Gasteiger partial charge in [-0.05, 0) is 72.0 Å². The third kappa shape index (κ3) is 2.85. The zero-order chi connectivity index (χ0) is 15.7. The predicted octanol–water partition coefficient (Wildman–Crippen LogP) is 3.53. The van der Waals surface area contributed by atoms with E-state index in [4.69, 9.17) is 4.74 Å². The fraction of sp³-hybridized carbons (Fsp3) is 0.176. The summed E-state index contributed by atoms with van der Waals surface area (Å²) in [5, 5.41) is 0. The summed E-state index contributed by atoms with van der Waals surface area (Å²) in [5.41, 5.74) is 1.86. The fourth-order valence-corrected chi connectivity index (χ4v) is 2.76. The molecule has 4 nitrogen and oxygen atoms in total. The molecule has 0 N–H and O–H groups in total. The van der Waals surface area contributed by atoms with Crippen LogP contribution in [0.5, 0.6) is 5.75 Å². The Bertz CT molecular complexity index is 740. The molecule has 5 heteroatoms. The molecule has 1 aliphatic heterocycles. The van der Waals surface area contributed by atoms with Gasteiger partial charge in [-0.1, -0.05) is 0 Å². The first-order chi connectivity index (χ1) is 10.6. The van der Waals surface area contributed by atoms with Crippen LogP contribution in [-0.4, -0.2) is 24.8 Å². The van der Waals surface area contributed by atoms with Crippen molar-refractivity contribution in [2.75, 3.05) is 18.1 Å². The van der Waals surface area contributed by atoms with E-state index in [1.54, 1.807) is 23.1 Å². The molecular formula is C17H14INO3. The topological polar surface area (TPSA) is 46.6 Å². The van der Waals surface area contributed by atoms with E-state index >= 15 is 0 Å². The average molecular weight is 407 g/mol. The maximum Gasteiger partial charge on any atom is 0.258 e. The van der Waals surface area contributed by atoms with Gasteiger partial charge in [0, 0.05) is 14.7 Å². The Kier molecular flexibility index (Phi) is 4.15. The molecule has 2 aromatic carbocycles. The molecule has 1 heterocycles. The lowest BCUT2D eigenvalue weighted by Gasteiger charge is -2.30. The lowest BCUT2D eigenvalue weighted by atomic mass is 10.1. The van der Waals surface area contributed by atoms with Gasteiger partial charge in [0.15, 0.2) is 5.78 Å². The third-order valence-corrected chi connectivity index (χ3v) is 4.28. The van der Waals surface area contributed by atoms with Gasteiger partial charge in [-0.2, -0.15) is 0 Å². The minimum absolute atomic E-state index is 0.0324.